The molecule has 0 aromatic heterocycles. The van der Waals surface area contributed by atoms with Crippen molar-refractivity contribution in [2.24, 2.45) is 0 Å². The lowest BCUT2D eigenvalue weighted by Gasteiger charge is -2.35. The highest BCUT2D eigenvalue weighted by atomic mass is 16.2. The van der Waals surface area contributed by atoms with Crippen molar-refractivity contribution in [1.82, 2.24) is 15.5 Å². The van der Waals surface area contributed by atoms with Gasteiger partial charge in [-0.05, 0) is 50.6 Å². The number of carbonyl (C=O) groups excluding carboxylic acids is 3. The maximum Gasteiger partial charge on any atom is 0.251 e. The highest BCUT2D eigenvalue weighted by Gasteiger charge is 2.40. The van der Waals surface area contributed by atoms with Crippen LogP contribution in [0.4, 0.5) is 5.69 Å². The van der Waals surface area contributed by atoms with Gasteiger partial charge in [0.1, 0.15) is 6.04 Å². The van der Waals surface area contributed by atoms with Crippen molar-refractivity contribution in [2.75, 3.05) is 25.5 Å². The summed E-state index contributed by atoms with van der Waals surface area (Å²) >= 11 is 0. The number of likely N-dealkylation sites (tertiary alicyclic amines) is 1. The van der Waals surface area contributed by atoms with Crippen LogP contribution in [0.2, 0.25) is 0 Å². The number of amides is 3. The van der Waals surface area contributed by atoms with Crippen LogP contribution in [0.5, 0.6) is 0 Å². The molecule has 7 heteroatoms. The summed E-state index contributed by atoms with van der Waals surface area (Å²) < 4.78 is 0. The molecule has 2 aliphatic heterocycles. The lowest BCUT2D eigenvalue weighted by molar-refractivity contribution is -0.136. The van der Waals surface area contributed by atoms with E-state index in [-0.39, 0.29) is 23.8 Å². The summed E-state index contributed by atoms with van der Waals surface area (Å²) in [6.45, 7) is 1.74. The SMILES string of the molecule is CNC(=O)c1cccc(NC(=O)[C@H]2CCC(=O)N2C2CCNCC2)c1. The van der Waals surface area contributed by atoms with Crippen molar-refractivity contribution in [1.29, 1.82) is 0 Å². The van der Waals surface area contributed by atoms with Gasteiger partial charge >= 0.3 is 0 Å². The van der Waals surface area contributed by atoms with Gasteiger partial charge in [0.25, 0.3) is 5.91 Å². The number of carbonyl (C=O) groups is 3. The normalized spacial score (nSPS) is 21.2. The highest BCUT2D eigenvalue weighted by molar-refractivity contribution is 6.00. The third kappa shape index (κ3) is 3.82. The Balaban J connectivity index is 1.71. The van der Waals surface area contributed by atoms with Gasteiger partial charge in [0.15, 0.2) is 0 Å². The lowest BCUT2D eigenvalue weighted by Crippen LogP contribution is -2.50. The van der Waals surface area contributed by atoms with E-state index in [9.17, 15) is 14.4 Å². The van der Waals surface area contributed by atoms with E-state index in [2.05, 4.69) is 16.0 Å². The van der Waals surface area contributed by atoms with E-state index in [0.29, 0.717) is 24.1 Å². The molecule has 1 aromatic rings. The van der Waals surface area contributed by atoms with Crippen LogP contribution in [-0.2, 0) is 9.59 Å². The fourth-order valence-electron chi connectivity index (χ4n) is 3.61. The minimum Gasteiger partial charge on any atom is -0.355 e. The number of rotatable bonds is 4. The van der Waals surface area contributed by atoms with Crippen LogP contribution < -0.4 is 16.0 Å². The number of hydrogen-bond donors (Lipinski definition) is 3. The quantitative estimate of drug-likeness (QED) is 0.751. The van der Waals surface area contributed by atoms with Crippen LogP contribution in [0, 0.1) is 0 Å². The Bertz CT molecular complexity index is 670. The van der Waals surface area contributed by atoms with E-state index in [1.807, 2.05) is 0 Å². The first-order chi connectivity index (χ1) is 12.1. The summed E-state index contributed by atoms with van der Waals surface area (Å²) in [5.74, 6) is -0.326. The molecular formula is C18H24N4O3. The zero-order valence-electron chi connectivity index (χ0n) is 14.4. The summed E-state index contributed by atoms with van der Waals surface area (Å²) in [7, 11) is 1.56. The molecule has 3 rings (SSSR count). The van der Waals surface area contributed by atoms with Crippen molar-refractivity contribution in [3.8, 4) is 0 Å². The standard InChI is InChI=1S/C18H24N4O3/c1-19-17(24)12-3-2-4-13(11-12)21-18(25)15-5-6-16(23)22(15)14-7-9-20-10-8-14/h2-4,11,14-15,20H,5-10H2,1H3,(H,19,24)(H,21,25)/t15-/m1/s1. The number of hydrogen-bond acceptors (Lipinski definition) is 4. The summed E-state index contributed by atoms with van der Waals surface area (Å²) in [5, 5.41) is 8.71. The summed E-state index contributed by atoms with van der Waals surface area (Å²) in [5.41, 5.74) is 1.05. The second kappa shape index (κ2) is 7.65. The first kappa shape index (κ1) is 17.4. The Morgan fingerprint density at radius 2 is 1.96 bits per heavy atom. The molecule has 134 valence electrons. The third-order valence-electron chi connectivity index (χ3n) is 4.88. The molecule has 2 fully saturated rings. The number of piperidine rings is 1. The van der Waals surface area contributed by atoms with Crippen LogP contribution in [0.3, 0.4) is 0 Å². The molecular weight excluding hydrogens is 320 g/mol. The van der Waals surface area contributed by atoms with Crippen molar-refractivity contribution >= 4 is 23.4 Å². The fourth-order valence-corrected chi connectivity index (χ4v) is 3.61. The lowest BCUT2D eigenvalue weighted by atomic mass is 10.0. The Morgan fingerprint density at radius 1 is 1.20 bits per heavy atom. The minimum absolute atomic E-state index is 0.0613. The zero-order chi connectivity index (χ0) is 17.8. The van der Waals surface area contributed by atoms with E-state index in [0.717, 1.165) is 25.9 Å². The van der Waals surface area contributed by atoms with Crippen LogP contribution in [-0.4, -0.2) is 54.8 Å². The van der Waals surface area contributed by atoms with E-state index < -0.39 is 6.04 Å². The smallest absolute Gasteiger partial charge is 0.251 e. The molecule has 25 heavy (non-hydrogen) atoms. The van der Waals surface area contributed by atoms with Crippen LogP contribution in [0.1, 0.15) is 36.0 Å². The Morgan fingerprint density at radius 3 is 2.68 bits per heavy atom. The first-order valence-corrected chi connectivity index (χ1v) is 8.75. The second-order valence-corrected chi connectivity index (χ2v) is 6.49. The highest BCUT2D eigenvalue weighted by Crippen LogP contribution is 2.26. The molecule has 0 unspecified atom stereocenters. The van der Waals surface area contributed by atoms with Gasteiger partial charge < -0.3 is 20.9 Å². The molecule has 1 atom stereocenters. The first-order valence-electron chi connectivity index (χ1n) is 8.75. The topological polar surface area (TPSA) is 90.5 Å². The molecule has 1 aromatic carbocycles. The van der Waals surface area contributed by atoms with Gasteiger partial charge in [-0.3, -0.25) is 14.4 Å². The van der Waals surface area contributed by atoms with Gasteiger partial charge in [-0.15, -0.1) is 0 Å². The molecule has 0 spiro atoms. The largest absolute Gasteiger partial charge is 0.355 e. The van der Waals surface area contributed by atoms with Gasteiger partial charge in [-0.25, -0.2) is 0 Å². The van der Waals surface area contributed by atoms with Crippen LogP contribution in [0.25, 0.3) is 0 Å². The Labute approximate surface area is 147 Å². The van der Waals surface area contributed by atoms with Crippen LogP contribution >= 0.6 is 0 Å². The Kier molecular flexibility index (Phi) is 5.33. The number of benzene rings is 1. The number of nitrogens with zero attached hydrogens (tertiary/aromatic N) is 1. The average molecular weight is 344 g/mol. The van der Waals surface area contributed by atoms with Gasteiger partial charge in [0, 0.05) is 30.8 Å². The molecule has 3 N–H and O–H groups in total. The summed E-state index contributed by atoms with van der Waals surface area (Å²) in [6.07, 6.45) is 2.72. The number of nitrogens with one attached hydrogen (secondary N) is 3. The predicted molar refractivity (Wildman–Crippen MR) is 94.2 cm³/mol. The maximum atomic E-state index is 12.7. The van der Waals surface area contributed by atoms with Gasteiger partial charge in [0.05, 0.1) is 0 Å². The van der Waals surface area contributed by atoms with E-state index >= 15 is 0 Å². The van der Waals surface area contributed by atoms with Crippen LogP contribution in [0.15, 0.2) is 24.3 Å². The molecule has 2 aliphatic rings. The van der Waals surface area contributed by atoms with Crippen molar-refractivity contribution in [2.45, 2.75) is 37.8 Å². The van der Waals surface area contributed by atoms with E-state index in [4.69, 9.17) is 0 Å². The van der Waals surface area contributed by atoms with Crippen molar-refractivity contribution < 1.29 is 14.4 Å². The molecule has 2 saturated heterocycles. The molecule has 2 heterocycles. The Hall–Kier alpha value is -2.41. The average Bonchev–Trinajstić information content (AvgIpc) is 3.03. The number of anilines is 1. The second-order valence-electron chi connectivity index (χ2n) is 6.49. The molecule has 0 saturated carbocycles. The summed E-state index contributed by atoms with van der Waals surface area (Å²) in [6, 6.07) is 6.50. The molecule has 0 aliphatic carbocycles. The van der Waals surface area contributed by atoms with Crippen molar-refractivity contribution in [3.05, 3.63) is 29.8 Å². The van der Waals surface area contributed by atoms with E-state index in [1.165, 1.54) is 0 Å². The third-order valence-corrected chi connectivity index (χ3v) is 4.88. The molecule has 3 amide bonds. The fraction of sp³-hybridized carbons (Fsp3) is 0.500. The molecule has 0 radical (unpaired) electrons. The summed E-state index contributed by atoms with van der Waals surface area (Å²) in [4.78, 5) is 38.5. The monoisotopic (exact) mass is 344 g/mol. The van der Waals surface area contributed by atoms with Gasteiger partial charge in [-0.1, -0.05) is 6.07 Å². The molecule has 7 nitrogen and oxygen atoms in total. The van der Waals surface area contributed by atoms with Gasteiger partial charge in [-0.2, -0.15) is 0 Å². The predicted octanol–water partition coefficient (Wildman–Crippen LogP) is 0.728. The van der Waals surface area contributed by atoms with Crippen molar-refractivity contribution in [3.63, 3.8) is 0 Å². The minimum atomic E-state index is -0.431. The zero-order valence-corrected chi connectivity index (χ0v) is 14.4. The maximum absolute atomic E-state index is 12.7. The molecule has 0 bridgehead atoms. The van der Waals surface area contributed by atoms with E-state index in [1.54, 1.807) is 36.2 Å². The van der Waals surface area contributed by atoms with Gasteiger partial charge in [0.2, 0.25) is 11.8 Å².